The van der Waals surface area contributed by atoms with Gasteiger partial charge >= 0.3 is 0 Å². The van der Waals surface area contributed by atoms with Gasteiger partial charge in [0, 0.05) is 19.6 Å². The zero-order valence-corrected chi connectivity index (χ0v) is 17.3. The van der Waals surface area contributed by atoms with Crippen LogP contribution in [0.4, 0.5) is 0 Å². The number of hydrogen-bond acceptors (Lipinski definition) is 5. The molecule has 3 N–H and O–H groups in total. The molecule has 0 spiro atoms. The Morgan fingerprint density at radius 1 is 1.11 bits per heavy atom. The highest BCUT2D eigenvalue weighted by atomic mass is 127. The predicted octanol–water partition coefficient (Wildman–Crippen LogP) is 2.11. The van der Waals surface area contributed by atoms with Crippen molar-refractivity contribution in [2.45, 2.75) is 13.5 Å². The van der Waals surface area contributed by atoms with E-state index in [1.807, 2.05) is 25.1 Å². The Morgan fingerprint density at radius 2 is 1.93 bits per heavy atom. The Labute approximate surface area is 174 Å². The van der Waals surface area contributed by atoms with Crippen molar-refractivity contribution in [1.29, 1.82) is 0 Å². The second kappa shape index (κ2) is 10.7. The van der Waals surface area contributed by atoms with E-state index in [4.69, 9.17) is 13.9 Å². The molecule has 0 bridgehead atoms. The highest BCUT2D eigenvalue weighted by Gasteiger charge is 2.13. The first kappa shape index (κ1) is 20.9. The number of guanidine groups is 1. The molecular formula is C18H23IN4O4. The summed E-state index contributed by atoms with van der Waals surface area (Å²) in [5, 5.41) is 9.13. The van der Waals surface area contributed by atoms with Gasteiger partial charge in [0.25, 0.3) is 5.91 Å². The highest BCUT2D eigenvalue weighted by molar-refractivity contribution is 14.0. The Hall–Kier alpha value is -2.43. The summed E-state index contributed by atoms with van der Waals surface area (Å²) in [5.41, 5.74) is 1.03. The van der Waals surface area contributed by atoms with Crippen molar-refractivity contribution in [2.24, 2.45) is 4.99 Å². The van der Waals surface area contributed by atoms with Crippen LogP contribution in [-0.4, -0.2) is 38.3 Å². The lowest BCUT2D eigenvalue weighted by Gasteiger charge is -2.11. The molecule has 0 unspecified atom stereocenters. The van der Waals surface area contributed by atoms with Crippen molar-refractivity contribution < 1.29 is 18.7 Å². The Balaban J connectivity index is 0.00000261. The first-order valence-corrected chi connectivity index (χ1v) is 8.48. The summed E-state index contributed by atoms with van der Waals surface area (Å²) in [6.07, 6.45) is 1.47. The molecule has 1 amide bonds. The van der Waals surface area contributed by atoms with Crippen molar-refractivity contribution in [3.8, 4) is 11.5 Å². The number of fused-ring (bicyclic) bond motifs is 1. The summed E-state index contributed by atoms with van der Waals surface area (Å²) in [6, 6.07) is 9.08. The molecule has 1 aliphatic heterocycles. The smallest absolute Gasteiger partial charge is 0.287 e. The van der Waals surface area contributed by atoms with E-state index in [0.29, 0.717) is 31.4 Å². The zero-order valence-electron chi connectivity index (χ0n) is 15.0. The molecule has 0 saturated heterocycles. The summed E-state index contributed by atoms with van der Waals surface area (Å²) in [6.45, 7) is 4.50. The third-order valence-corrected chi connectivity index (χ3v) is 3.65. The normalized spacial score (nSPS) is 12.3. The lowest BCUT2D eigenvalue weighted by Crippen LogP contribution is -2.41. The van der Waals surface area contributed by atoms with Crippen LogP contribution >= 0.6 is 24.0 Å². The van der Waals surface area contributed by atoms with Crippen molar-refractivity contribution in [3.05, 3.63) is 47.9 Å². The number of nitrogens with one attached hydrogen (secondary N) is 3. The number of carbonyl (C=O) groups is 1. The molecule has 1 aromatic carbocycles. The number of aliphatic imine (C=N–C) groups is 1. The number of ether oxygens (including phenoxy) is 2. The van der Waals surface area contributed by atoms with Crippen molar-refractivity contribution in [2.75, 3.05) is 26.4 Å². The number of halogens is 1. The van der Waals surface area contributed by atoms with Crippen molar-refractivity contribution in [1.82, 2.24) is 16.0 Å². The number of furan rings is 1. The summed E-state index contributed by atoms with van der Waals surface area (Å²) in [5.74, 6) is 2.25. The molecule has 0 aliphatic carbocycles. The van der Waals surface area contributed by atoms with Crippen LogP contribution in [-0.2, 0) is 6.54 Å². The number of nitrogens with zero attached hydrogens (tertiary/aromatic N) is 1. The zero-order chi connectivity index (χ0) is 18.2. The van der Waals surface area contributed by atoms with Gasteiger partial charge in [-0.05, 0) is 36.8 Å². The van der Waals surface area contributed by atoms with Gasteiger partial charge in [-0.3, -0.25) is 4.79 Å². The summed E-state index contributed by atoms with van der Waals surface area (Å²) >= 11 is 0. The molecule has 0 saturated carbocycles. The number of carbonyl (C=O) groups excluding carboxylic acids is 1. The van der Waals surface area contributed by atoms with E-state index in [1.54, 1.807) is 12.1 Å². The van der Waals surface area contributed by atoms with Crippen LogP contribution in [0, 0.1) is 0 Å². The molecule has 0 atom stereocenters. The SMILES string of the molecule is CCNC(=NCc1ccc2c(c1)OCO2)NCCNC(=O)c1ccco1.I. The van der Waals surface area contributed by atoms with Gasteiger partial charge in [0.1, 0.15) is 0 Å². The van der Waals surface area contributed by atoms with Crippen molar-refractivity contribution in [3.63, 3.8) is 0 Å². The maximum Gasteiger partial charge on any atom is 0.287 e. The number of hydrogen-bond donors (Lipinski definition) is 3. The quantitative estimate of drug-likeness (QED) is 0.240. The molecule has 27 heavy (non-hydrogen) atoms. The molecule has 0 radical (unpaired) electrons. The second-order valence-electron chi connectivity index (χ2n) is 5.54. The monoisotopic (exact) mass is 486 g/mol. The molecule has 8 nitrogen and oxygen atoms in total. The minimum absolute atomic E-state index is 0. The topological polar surface area (TPSA) is 97.1 Å². The Kier molecular flexibility index (Phi) is 8.24. The van der Waals surface area contributed by atoms with Crippen LogP contribution in [0.5, 0.6) is 11.5 Å². The first-order chi connectivity index (χ1) is 12.8. The fourth-order valence-electron chi connectivity index (χ4n) is 2.40. The summed E-state index contributed by atoms with van der Waals surface area (Å²) < 4.78 is 15.7. The maximum absolute atomic E-state index is 11.8. The van der Waals surface area contributed by atoms with E-state index in [9.17, 15) is 4.79 Å². The molecule has 2 heterocycles. The predicted molar refractivity (Wildman–Crippen MR) is 112 cm³/mol. The number of amides is 1. The molecular weight excluding hydrogens is 463 g/mol. The van der Waals surface area contributed by atoms with E-state index in [-0.39, 0.29) is 36.7 Å². The third-order valence-electron chi connectivity index (χ3n) is 3.65. The third kappa shape index (κ3) is 6.05. The van der Waals surface area contributed by atoms with E-state index in [2.05, 4.69) is 20.9 Å². The second-order valence-corrected chi connectivity index (χ2v) is 5.54. The molecule has 3 rings (SSSR count). The number of rotatable bonds is 7. The van der Waals surface area contributed by atoms with Gasteiger partial charge in [-0.1, -0.05) is 6.07 Å². The van der Waals surface area contributed by atoms with Crippen LogP contribution in [0.25, 0.3) is 0 Å². The van der Waals surface area contributed by atoms with Crippen LogP contribution in [0.1, 0.15) is 23.0 Å². The van der Waals surface area contributed by atoms with Gasteiger partial charge < -0.3 is 29.8 Å². The number of benzene rings is 1. The van der Waals surface area contributed by atoms with E-state index < -0.39 is 0 Å². The van der Waals surface area contributed by atoms with Crippen LogP contribution in [0.15, 0.2) is 46.0 Å². The average molecular weight is 486 g/mol. The largest absolute Gasteiger partial charge is 0.459 e. The van der Waals surface area contributed by atoms with E-state index in [1.165, 1.54) is 6.26 Å². The molecule has 146 valence electrons. The fourth-order valence-corrected chi connectivity index (χ4v) is 2.40. The van der Waals surface area contributed by atoms with Gasteiger partial charge in [-0.2, -0.15) is 0 Å². The van der Waals surface area contributed by atoms with Crippen LogP contribution in [0.2, 0.25) is 0 Å². The Bertz CT molecular complexity index is 765. The standard InChI is InChI=1S/C18H22N4O4.HI/c1-2-19-18(21-8-7-20-17(23)15-4-3-9-24-15)22-11-13-5-6-14-16(10-13)26-12-25-14;/h3-6,9-10H,2,7-8,11-12H2,1H3,(H,20,23)(H2,19,21,22);1H. The van der Waals surface area contributed by atoms with Crippen LogP contribution in [0.3, 0.4) is 0 Å². The lowest BCUT2D eigenvalue weighted by atomic mass is 10.2. The summed E-state index contributed by atoms with van der Waals surface area (Å²) in [7, 11) is 0. The van der Waals surface area contributed by atoms with Gasteiger partial charge in [0.05, 0.1) is 12.8 Å². The van der Waals surface area contributed by atoms with Gasteiger partial charge in [-0.25, -0.2) is 4.99 Å². The molecule has 1 aromatic heterocycles. The first-order valence-electron chi connectivity index (χ1n) is 8.48. The lowest BCUT2D eigenvalue weighted by molar-refractivity contribution is 0.0926. The molecule has 2 aromatic rings. The molecule has 1 aliphatic rings. The molecule has 9 heteroatoms. The van der Waals surface area contributed by atoms with Gasteiger partial charge in [0.15, 0.2) is 23.2 Å². The van der Waals surface area contributed by atoms with Gasteiger partial charge in [0.2, 0.25) is 6.79 Å². The van der Waals surface area contributed by atoms with Crippen molar-refractivity contribution >= 4 is 35.8 Å². The summed E-state index contributed by atoms with van der Waals surface area (Å²) in [4.78, 5) is 16.3. The van der Waals surface area contributed by atoms with E-state index in [0.717, 1.165) is 23.6 Å². The minimum Gasteiger partial charge on any atom is -0.459 e. The van der Waals surface area contributed by atoms with Crippen LogP contribution < -0.4 is 25.4 Å². The maximum atomic E-state index is 11.8. The molecule has 0 fully saturated rings. The van der Waals surface area contributed by atoms with E-state index >= 15 is 0 Å². The van der Waals surface area contributed by atoms with Gasteiger partial charge in [-0.15, -0.1) is 24.0 Å². The fraction of sp³-hybridized carbons (Fsp3) is 0.333. The minimum atomic E-state index is -0.237. The highest BCUT2D eigenvalue weighted by Crippen LogP contribution is 2.32. The average Bonchev–Trinajstić information content (AvgIpc) is 3.34. The Morgan fingerprint density at radius 3 is 2.70 bits per heavy atom.